The van der Waals surface area contributed by atoms with Gasteiger partial charge in [-0.15, -0.1) is 0 Å². The highest BCUT2D eigenvalue weighted by molar-refractivity contribution is 6.13. The minimum absolute atomic E-state index is 0.164. The van der Waals surface area contributed by atoms with Gasteiger partial charge >= 0.3 is 6.09 Å². The number of hydrogen-bond donors (Lipinski definition) is 0. The molecule has 0 N–H and O–H groups in total. The summed E-state index contributed by atoms with van der Waals surface area (Å²) < 4.78 is 11.9. The van der Waals surface area contributed by atoms with Crippen molar-refractivity contribution in [3.63, 3.8) is 0 Å². The fourth-order valence-electron chi connectivity index (χ4n) is 4.62. The highest BCUT2D eigenvalue weighted by atomic mass is 16.6. The molecule has 0 aromatic heterocycles. The van der Waals surface area contributed by atoms with Crippen LogP contribution in [-0.2, 0) is 14.3 Å². The molecule has 6 nitrogen and oxygen atoms in total. The molecule has 1 aliphatic heterocycles. The highest BCUT2D eigenvalue weighted by Gasteiger charge is 2.51. The Hall–Kier alpha value is -2.99. The molecule has 0 unspecified atom stereocenters. The van der Waals surface area contributed by atoms with Gasteiger partial charge in [-0.2, -0.15) is 0 Å². The van der Waals surface area contributed by atoms with Crippen LogP contribution in [0.4, 0.5) is 4.79 Å². The summed E-state index contributed by atoms with van der Waals surface area (Å²) >= 11 is 0. The lowest BCUT2D eigenvalue weighted by molar-refractivity contribution is -0.138. The van der Waals surface area contributed by atoms with E-state index in [9.17, 15) is 9.59 Å². The minimum atomic E-state index is -1.04. The first-order chi connectivity index (χ1) is 16.8. The van der Waals surface area contributed by atoms with Gasteiger partial charge in [-0.1, -0.05) is 88.4 Å². The van der Waals surface area contributed by atoms with Gasteiger partial charge in [-0.3, -0.25) is 14.7 Å². The zero-order valence-corrected chi connectivity index (χ0v) is 22.9. The highest BCUT2D eigenvalue weighted by Crippen LogP contribution is 2.36. The quantitative estimate of drug-likeness (QED) is 0.427. The van der Waals surface area contributed by atoms with Crippen molar-refractivity contribution in [3.05, 3.63) is 71.8 Å². The van der Waals surface area contributed by atoms with Gasteiger partial charge in [0.2, 0.25) is 0 Å². The van der Waals surface area contributed by atoms with Crippen molar-refractivity contribution >= 4 is 17.6 Å². The third kappa shape index (κ3) is 6.04. The Bertz CT molecular complexity index is 1030. The standard InChI is InChI=1S/C30H40N2O4/c1-9-23(31-24(21-16-12-10-13-17-21)22-18-14-11-15-19-22)25(26(33)28(2,3)4)36-27(34)32-29(5,6)20-35-30(32,7)8/h10-19,23,25H,9,20H2,1-8H3/t23-,25-/m1/s1. The van der Waals surface area contributed by atoms with Gasteiger partial charge in [0, 0.05) is 16.5 Å². The van der Waals surface area contributed by atoms with E-state index in [2.05, 4.69) is 0 Å². The molecular formula is C30H40N2O4. The van der Waals surface area contributed by atoms with Crippen molar-refractivity contribution < 1.29 is 19.1 Å². The van der Waals surface area contributed by atoms with Crippen LogP contribution in [0.25, 0.3) is 0 Å². The topological polar surface area (TPSA) is 68.2 Å². The number of hydrogen-bond acceptors (Lipinski definition) is 5. The number of carbonyl (C=O) groups excluding carboxylic acids is 2. The molecule has 1 heterocycles. The predicted molar refractivity (Wildman–Crippen MR) is 143 cm³/mol. The van der Waals surface area contributed by atoms with Crippen molar-refractivity contribution in [2.24, 2.45) is 10.4 Å². The molecule has 3 rings (SSSR count). The summed E-state index contributed by atoms with van der Waals surface area (Å²) in [5, 5.41) is 0. The van der Waals surface area contributed by atoms with Crippen LogP contribution >= 0.6 is 0 Å². The molecule has 2 atom stereocenters. The normalized spacial score (nSPS) is 18.3. The predicted octanol–water partition coefficient (Wildman–Crippen LogP) is 6.27. The van der Waals surface area contributed by atoms with Crippen LogP contribution < -0.4 is 0 Å². The third-order valence-electron chi connectivity index (χ3n) is 6.49. The molecule has 36 heavy (non-hydrogen) atoms. The summed E-state index contributed by atoms with van der Waals surface area (Å²) in [5.74, 6) is -0.164. The summed E-state index contributed by atoms with van der Waals surface area (Å²) in [6.45, 7) is 15.4. The van der Waals surface area contributed by atoms with Gasteiger partial charge in [0.25, 0.3) is 0 Å². The molecule has 0 bridgehead atoms. The fourth-order valence-corrected chi connectivity index (χ4v) is 4.62. The molecule has 1 amide bonds. The summed E-state index contributed by atoms with van der Waals surface area (Å²) in [5.41, 5.74) is 0.493. The minimum Gasteiger partial charge on any atom is -0.436 e. The Labute approximate surface area is 215 Å². The van der Waals surface area contributed by atoms with Crippen molar-refractivity contribution in [1.29, 1.82) is 0 Å². The molecule has 0 aliphatic carbocycles. The van der Waals surface area contributed by atoms with Crippen LogP contribution in [0.3, 0.4) is 0 Å². The van der Waals surface area contributed by atoms with Crippen molar-refractivity contribution in [2.75, 3.05) is 6.61 Å². The molecule has 1 saturated heterocycles. The van der Waals surface area contributed by atoms with E-state index in [1.165, 1.54) is 0 Å². The second kappa shape index (κ2) is 10.6. The maximum Gasteiger partial charge on any atom is 0.413 e. The zero-order valence-electron chi connectivity index (χ0n) is 22.9. The maximum atomic E-state index is 13.7. The number of ketones is 1. The molecule has 194 valence electrons. The number of rotatable bonds is 7. The number of carbonyl (C=O) groups is 2. The third-order valence-corrected chi connectivity index (χ3v) is 6.49. The van der Waals surface area contributed by atoms with E-state index < -0.39 is 34.9 Å². The van der Waals surface area contributed by atoms with Gasteiger partial charge < -0.3 is 9.47 Å². The summed E-state index contributed by atoms with van der Waals surface area (Å²) in [7, 11) is 0. The van der Waals surface area contributed by atoms with Crippen molar-refractivity contribution in [3.8, 4) is 0 Å². The second-order valence-electron chi connectivity index (χ2n) is 11.5. The Balaban J connectivity index is 2.07. The number of benzene rings is 2. The molecule has 1 aliphatic rings. The number of Topliss-reactive ketones (excluding diaryl/α,β-unsaturated/α-hetero) is 1. The van der Waals surface area contributed by atoms with E-state index in [0.29, 0.717) is 13.0 Å². The van der Waals surface area contributed by atoms with Crippen LogP contribution in [0.5, 0.6) is 0 Å². The lowest BCUT2D eigenvalue weighted by atomic mass is 9.84. The van der Waals surface area contributed by atoms with Gasteiger partial charge in [0.05, 0.1) is 23.9 Å². The van der Waals surface area contributed by atoms with Gasteiger partial charge in [-0.25, -0.2) is 4.79 Å². The van der Waals surface area contributed by atoms with Crippen LogP contribution in [0.15, 0.2) is 65.7 Å². The second-order valence-corrected chi connectivity index (χ2v) is 11.5. The van der Waals surface area contributed by atoms with Crippen LogP contribution in [-0.4, -0.2) is 52.5 Å². The Kier molecular flexibility index (Phi) is 8.09. The Morgan fingerprint density at radius 3 is 1.86 bits per heavy atom. The lowest BCUT2D eigenvalue weighted by Gasteiger charge is -2.38. The van der Waals surface area contributed by atoms with Crippen LogP contribution in [0.2, 0.25) is 0 Å². The molecule has 6 heteroatoms. The fraction of sp³-hybridized carbons (Fsp3) is 0.500. The number of amides is 1. The molecule has 0 spiro atoms. The van der Waals surface area contributed by atoms with Gasteiger partial charge in [0.1, 0.15) is 5.72 Å². The average molecular weight is 493 g/mol. The van der Waals surface area contributed by atoms with E-state index in [0.717, 1.165) is 16.8 Å². The van der Waals surface area contributed by atoms with Crippen LogP contribution in [0.1, 0.15) is 72.9 Å². The molecule has 1 fully saturated rings. The first-order valence-corrected chi connectivity index (χ1v) is 12.7. The Morgan fingerprint density at radius 1 is 0.972 bits per heavy atom. The summed E-state index contributed by atoms with van der Waals surface area (Å²) in [6.07, 6.45) is -1.09. The first-order valence-electron chi connectivity index (χ1n) is 12.7. The van der Waals surface area contributed by atoms with Crippen LogP contribution in [0, 0.1) is 5.41 Å². The monoisotopic (exact) mass is 492 g/mol. The molecule has 2 aromatic carbocycles. The Morgan fingerprint density at radius 2 is 1.47 bits per heavy atom. The maximum absolute atomic E-state index is 13.7. The molecule has 0 saturated carbocycles. The summed E-state index contributed by atoms with van der Waals surface area (Å²) in [6, 6.07) is 19.2. The summed E-state index contributed by atoms with van der Waals surface area (Å²) in [4.78, 5) is 34.0. The molecule has 0 radical (unpaired) electrons. The van der Waals surface area contributed by atoms with E-state index in [1.807, 2.05) is 116 Å². The largest absolute Gasteiger partial charge is 0.436 e. The van der Waals surface area contributed by atoms with E-state index in [4.69, 9.17) is 14.5 Å². The van der Waals surface area contributed by atoms with Crippen molar-refractivity contribution in [1.82, 2.24) is 4.90 Å². The van der Waals surface area contributed by atoms with E-state index in [-0.39, 0.29) is 5.78 Å². The van der Waals surface area contributed by atoms with Gasteiger partial charge in [0.15, 0.2) is 11.9 Å². The zero-order chi connectivity index (χ0) is 26.7. The number of ether oxygens (including phenoxy) is 2. The number of nitrogens with zero attached hydrogens (tertiary/aromatic N) is 2. The average Bonchev–Trinajstić information content (AvgIpc) is 3.05. The molecular weight excluding hydrogens is 452 g/mol. The van der Waals surface area contributed by atoms with E-state index >= 15 is 0 Å². The SMILES string of the molecule is CC[C@@H](N=C(c1ccccc1)c1ccccc1)[C@@H](OC(=O)N1C(C)(C)COC1(C)C)C(=O)C(C)(C)C. The number of aliphatic imine (C=N–C) groups is 1. The van der Waals surface area contributed by atoms with E-state index in [1.54, 1.807) is 4.90 Å². The lowest BCUT2D eigenvalue weighted by Crippen LogP contribution is -2.55. The first kappa shape index (κ1) is 27.6. The van der Waals surface area contributed by atoms with Crippen molar-refractivity contribution in [2.45, 2.75) is 85.2 Å². The molecule has 2 aromatic rings. The smallest absolute Gasteiger partial charge is 0.413 e. The van der Waals surface area contributed by atoms with Gasteiger partial charge in [-0.05, 0) is 34.1 Å².